The van der Waals surface area contributed by atoms with E-state index in [0.717, 1.165) is 0 Å². The molecule has 1 aromatic carbocycles. The van der Waals surface area contributed by atoms with Gasteiger partial charge in [-0.05, 0) is 88.3 Å². The van der Waals surface area contributed by atoms with Crippen LogP contribution in [0.4, 0.5) is 0 Å². The maximum atomic E-state index is 14.6. The smallest absolute Gasteiger partial charge is 0.549 e. The number of amides is 4. The standard InChI is InChI=1S/C59H96N10O16.Ga/c1-5-40(4)53(49(71)35-42(16-9-11-21-60)54(78)62-45(17-10-12-22-61)57(81)69-23-13-18-47(69)56(80)63-46(58(82)83)33-41-14-7-6-8-15-41)64-55(79)43(32-39(2)3)34-44(70)19-20-48(59(84)85)68-30-28-66(37-51(74)75)26-24-65(36-50(72)73)25-27-67(29-31-68)38-52(76)77;/h6-8,14-15,39-40,42-43,45-48,53H,5,9-13,16-38,60-61H2,1-4H3,(H,62,78)(H,63,80)(H,64,79)(H,72,73)(H,74,75)(H,76,77)(H,82,83)(H,84,85);/q;+3/p-3/t40-,42+,43+,45-,46-,47-,48?,53-;/m0./s1. The molecule has 0 spiro atoms. The molecule has 2 heterocycles. The zero-order valence-electron chi connectivity index (χ0n) is 50.7. The molecule has 0 aliphatic carbocycles. The first-order valence-corrected chi connectivity index (χ1v) is 30.0. The van der Waals surface area contributed by atoms with E-state index in [1.807, 2.05) is 20.8 Å². The zero-order chi connectivity index (χ0) is 63.2. The quantitative estimate of drug-likeness (QED) is 0.0250. The maximum absolute atomic E-state index is 14.6. The number of carbonyl (C=O) groups is 11. The fraction of sp³-hybridized carbons (Fsp3) is 0.712. The van der Waals surface area contributed by atoms with Crippen LogP contribution in [0.3, 0.4) is 0 Å². The molecule has 2 aliphatic rings. The molecule has 2 aliphatic heterocycles. The Labute approximate surface area is 518 Å². The molecule has 4 amide bonds. The van der Waals surface area contributed by atoms with Gasteiger partial charge >= 0.3 is 31.7 Å². The minimum absolute atomic E-state index is 0. The summed E-state index contributed by atoms with van der Waals surface area (Å²) in [5.41, 5.74) is 12.4. The SMILES string of the molecule is CC[C@H](C)[C@H](NC(=O)[C@@H](CC(=O)CCC(C(=O)O)N1CCN(CC(=O)[O-])CCN(CC(=O)[O-])CCN(CC(=O)[O-])CC1)CC(C)C)C(=O)C[C@@H](CCCCN)C(=O)N[C@@H](CCCCN)C(=O)N1CCC[C@H]1C(=O)N[C@@H](Cc1ccccc1)C(=O)O.[Ga+3]. The van der Waals surface area contributed by atoms with E-state index in [1.165, 1.54) is 24.5 Å². The Kier molecular flexibility index (Phi) is 36.0. The van der Waals surface area contributed by atoms with Crippen LogP contribution < -0.4 is 42.7 Å². The summed E-state index contributed by atoms with van der Waals surface area (Å²) in [6.45, 7) is 6.60. The molecule has 0 bridgehead atoms. The molecule has 26 nitrogen and oxygen atoms in total. The van der Waals surface area contributed by atoms with Gasteiger partial charge in [0, 0.05) is 116 Å². The van der Waals surface area contributed by atoms with E-state index in [9.17, 15) is 78.3 Å². The van der Waals surface area contributed by atoms with Crippen LogP contribution in [0.2, 0.25) is 0 Å². The molecule has 27 heteroatoms. The Hall–Kier alpha value is -5.81. The van der Waals surface area contributed by atoms with Gasteiger partial charge in [0.2, 0.25) is 23.6 Å². The average Bonchev–Trinajstić information content (AvgIpc) is 3.76. The summed E-state index contributed by atoms with van der Waals surface area (Å²) in [6, 6.07) is 2.97. The number of aliphatic carboxylic acids is 5. The van der Waals surface area contributed by atoms with Crippen molar-refractivity contribution < 1.29 is 78.3 Å². The van der Waals surface area contributed by atoms with Gasteiger partial charge in [-0.15, -0.1) is 0 Å². The number of likely N-dealkylation sites (tertiary alicyclic amines) is 1. The molecule has 478 valence electrons. The van der Waals surface area contributed by atoms with E-state index in [4.69, 9.17) is 11.5 Å². The number of rotatable bonds is 38. The van der Waals surface area contributed by atoms with E-state index in [1.54, 1.807) is 37.3 Å². The first-order valence-electron chi connectivity index (χ1n) is 30.0. The fourth-order valence-electron chi connectivity index (χ4n) is 11.0. The van der Waals surface area contributed by atoms with Crippen LogP contribution in [0.5, 0.6) is 0 Å². The Morgan fingerprint density at radius 1 is 0.628 bits per heavy atom. The van der Waals surface area contributed by atoms with Crippen molar-refractivity contribution >= 4 is 84.8 Å². The van der Waals surface area contributed by atoms with E-state index in [-0.39, 0.29) is 142 Å². The second kappa shape index (κ2) is 40.6. The molecule has 2 fully saturated rings. The van der Waals surface area contributed by atoms with Crippen LogP contribution in [-0.4, -0.2) is 241 Å². The molecule has 86 heavy (non-hydrogen) atoms. The number of nitrogens with two attached hydrogens (primary N) is 2. The number of ketones is 2. The predicted molar refractivity (Wildman–Crippen MR) is 312 cm³/mol. The second-order valence-electron chi connectivity index (χ2n) is 23.1. The van der Waals surface area contributed by atoms with Crippen LogP contribution in [0.15, 0.2) is 30.3 Å². The Balaban J connectivity index is 0.0000252. The van der Waals surface area contributed by atoms with Gasteiger partial charge in [-0.3, -0.25) is 53.2 Å². The van der Waals surface area contributed by atoms with Crippen molar-refractivity contribution in [1.82, 2.24) is 40.4 Å². The van der Waals surface area contributed by atoms with Crippen molar-refractivity contribution in [3.8, 4) is 0 Å². The van der Waals surface area contributed by atoms with E-state index in [0.29, 0.717) is 57.2 Å². The van der Waals surface area contributed by atoms with Gasteiger partial charge in [0.25, 0.3) is 0 Å². The molecular formula is C59H93GaN10O16. The Morgan fingerprint density at radius 2 is 1.15 bits per heavy atom. The van der Waals surface area contributed by atoms with Gasteiger partial charge in [-0.1, -0.05) is 70.9 Å². The minimum atomic E-state index is -1.42. The molecule has 0 aromatic heterocycles. The number of nitrogens with zero attached hydrogens (tertiary/aromatic N) is 5. The molecule has 1 unspecified atom stereocenters. The van der Waals surface area contributed by atoms with Crippen LogP contribution in [-0.2, 0) is 59.2 Å². The monoisotopic (exact) mass is 1270 g/mol. The fourth-order valence-corrected chi connectivity index (χ4v) is 11.0. The molecule has 2 saturated heterocycles. The van der Waals surface area contributed by atoms with Crippen molar-refractivity contribution in [2.45, 2.75) is 154 Å². The summed E-state index contributed by atoms with van der Waals surface area (Å²) in [5, 5.41) is 63.9. The third-order valence-corrected chi connectivity index (χ3v) is 15.9. The molecule has 0 saturated carbocycles. The van der Waals surface area contributed by atoms with Crippen molar-refractivity contribution in [2.24, 2.45) is 35.1 Å². The summed E-state index contributed by atoms with van der Waals surface area (Å²) < 4.78 is 0. The van der Waals surface area contributed by atoms with Crippen LogP contribution >= 0.6 is 0 Å². The number of hydrogen-bond donors (Lipinski definition) is 7. The molecule has 0 radical (unpaired) electrons. The van der Waals surface area contributed by atoms with Crippen LogP contribution in [0.25, 0.3) is 0 Å². The van der Waals surface area contributed by atoms with Gasteiger partial charge in [-0.25, -0.2) is 4.79 Å². The van der Waals surface area contributed by atoms with Crippen molar-refractivity contribution in [3.63, 3.8) is 0 Å². The number of Topliss-reactive ketones (excluding diaryl/α,β-unsaturated/α-hetero) is 2. The number of unbranched alkanes of at least 4 members (excludes halogenated alkanes) is 2. The zero-order valence-corrected chi connectivity index (χ0v) is 53.1. The summed E-state index contributed by atoms with van der Waals surface area (Å²) in [4.78, 5) is 153. The third-order valence-electron chi connectivity index (χ3n) is 15.9. The summed E-state index contributed by atoms with van der Waals surface area (Å²) in [5.74, 6) is -12.5. The second-order valence-corrected chi connectivity index (χ2v) is 23.1. The van der Waals surface area contributed by atoms with Crippen molar-refractivity contribution in [2.75, 3.05) is 91.6 Å². The first-order chi connectivity index (χ1) is 40.4. The van der Waals surface area contributed by atoms with E-state index in [2.05, 4.69) is 16.0 Å². The maximum Gasteiger partial charge on any atom is 3.00 e. The topological polar surface area (TPSA) is 402 Å². The van der Waals surface area contributed by atoms with Crippen LogP contribution in [0.1, 0.15) is 123 Å². The molecule has 8 atom stereocenters. The largest absolute Gasteiger partial charge is 3.00 e. The number of carboxylic acids is 5. The van der Waals surface area contributed by atoms with Gasteiger partial charge in [-0.2, -0.15) is 0 Å². The summed E-state index contributed by atoms with van der Waals surface area (Å²) >= 11 is 0. The molecule has 3 rings (SSSR count). The van der Waals surface area contributed by atoms with Gasteiger partial charge in [0.1, 0.15) is 30.0 Å². The van der Waals surface area contributed by atoms with Gasteiger partial charge in [0.15, 0.2) is 5.78 Å². The number of benzene rings is 1. The Bertz CT molecular complexity index is 2320. The summed E-state index contributed by atoms with van der Waals surface area (Å²) in [7, 11) is 0. The average molecular weight is 1270 g/mol. The van der Waals surface area contributed by atoms with Crippen molar-refractivity contribution in [3.05, 3.63) is 35.9 Å². The van der Waals surface area contributed by atoms with E-state index >= 15 is 0 Å². The summed E-state index contributed by atoms with van der Waals surface area (Å²) in [6.07, 6.45) is 2.49. The number of carbonyl (C=O) groups excluding carboxylic acids is 9. The van der Waals surface area contributed by atoms with Crippen molar-refractivity contribution in [1.29, 1.82) is 0 Å². The number of carboxylic acid groups (broad SMARTS) is 5. The van der Waals surface area contributed by atoms with E-state index < -0.39 is 133 Å². The van der Waals surface area contributed by atoms with Gasteiger partial charge < -0.3 is 72.2 Å². The number of hydrogen-bond acceptors (Lipinski definition) is 20. The van der Waals surface area contributed by atoms with Crippen LogP contribution in [0, 0.1) is 23.7 Å². The number of nitrogens with one attached hydrogen (secondary N) is 3. The van der Waals surface area contributed by atoms with Gasteiger partial charge in [0.05, 0.1) is 23.9 Å². The Morgan fingerprint density at radius 3 is 1.64 bits per heavy atom. The molecule has 9 N–H and O–H groups in total. The normalized spacial score (nSPS) is 18.3. The minimum Gasteiger partial charge on any atom is -0.549 e. The third kappa shape index (κ3) is 27.9. The molecule has 1 aromatic rings. The molecular weight excluding hydrogens is 1170 g/mol. The predicted octanol–water partition coefficient (Wildman–Crippen LogP) is -3.42. The first kappa shape index (κ1) is 76.3.